The molecule has 1 aromatic heterocycles. The highest BCUT2D eigenvalue weighted by Crippen LogP contribution is 2.33. The normalized spacial score (nSPS) is 14.4. The van der Waals surface area contributed by atoms with Gasteiger partial charge in [-0.3, -0.25) is 4.68 Å². The first-order valence-corrected chi connectivity index (χ1v) is 9.05. The lowest BCUT2D eigenvalue weighted by molar-refractivity contribution is 0.224. The van der Waals surface area contributed by atoms with E-state index in [-0.39, 0.29) is 5.54 Å². The van der Waals surface area contributed by atoms with Gasteiger partial charge in [-0.15, -0.1) is 0 Å². The van der Waals surface area contributed by atoms with Crippen molar-refractivity contribution in [2.75, 3.05) is 0 Å². The van der Waals surface area contributed by atoms with Crippen LogP contribution in [-0.4, -0.2) is 9.78 Å². The number of aryl methyl sites for hydroxylation is 1. The molecule has 1 rings (SSSR count). The van der Waals surface area contributed by atoms with Gasteiger partial charge in [-0.25, -0.2) is 0 Å². The van der Waals surface area contributed by atoms with Gasteiger partial charge in [-0.1, -0.05) is 58.8 Å². The molecule has 0 saturated heterocycles. The molecule has 0 aromatic carbocycles. The van der Waals surface area contributed by atoms with Gasteiger partial charge in [0, 0.05) is 5.56 Å². The number of unbranched alkanes of at least 4 members (excludes halogenated alkanes) is 5. The maximum absolute atomic E-state index is 4.63. The van der Waals surface area contributed by atoms with Crippen LogP contribution in [-0.2, 0) is 5.54 Å². The lowest BCUT2D eigenvalue weighted by Gasteiger charge is -2.31. The summed E-state index contributed by atoms with van der Waals surface area (Å²) in [5.41, 5.74) is 1.40. The number of nitrogens with zero attached hydrogens (tertiary/aromatic N) is 2. The van der Waals surface area contributed by atoms with Crippen LogP contribution in [0.3, 0.4) is 0 Å². The first kappa shape index (κ1) is 17.7. The number of rotatable bonds is 10. The van der Waals surface area contributed by atoms with E-state index in [2.05, 4.69) is 53.4 Å². The summed E-state index contributed by atoms with van der Waals surface area (Å²) in [6, 6.07) is 0. The van der Waals surface area contributed by atoms with Crippen molar-refractivity contribution >= 4 is 15.9 Å². The Morgan fingerprint density at radius 1 is 1.05 bits per heavy atom. The van der Waals surface area contributed by atoms with Crippen LogP contribution in [0.2, 0.25) is 0 Å². The van der Waals surface area contributed by atoms with Gasteiger partial charge in [0.1, 0.15) is 4.60 Å². The molecule has 1 unspecified atom stereocenters. The zero-order valence-corrected chi connectivity index (χ0v) is 15.3. The predicted molar refractivity (Wildman–Crippen MR) is 91.2 cm³/mol. The van der Waals surface area contributed by atoms with Crippen molar-refractivity contribution in [1.82, 2.24) is 9.78 Å². The summed E-state index contributed by atoms with van der Waals surface area (Å²) in [5.74, 6) is 0. The van der Waals surface area contributed by atoms with E-state index in [1.807, 2.05) is 6.20 Å². The molecule has 1 aromatic rings. The maximum atomic E-state index is 4.63. The van der Waals surface area contributed by atoms with E-state index in [1.165, 1.54) is 63.4 Å². The molecule has 2 nitrogen and oxygen atoms in total. The van der Waals surface area contributed by atoms with E-state index in [0.29, 0.717) is 0 Å². The maximum Gasteiger partial charge on any atom is 0.107 e. The highest BCUT2D eigenvalue weighted by atomic mass is 79.9. The highest BCUT2D eigenvalue weighted by molar-refractivity contribution is 9.10. The monoisotopic (exact) mass is 342 g/mol. The van der Waals surface area contributed by atoms with Gasteiger partial charge in [0.25, 0.3) is 0 Å². The van der Waals surface area contributed by atoms with Gasteiger partial charge in [0.2, 0.25) is 0 Å². The summed E-state index contributed by atoms with van der Waals surface area (Å²) in [5, 5.41) is 4.63. The molecule has 0 aliphatic rings. The largest absolute Gasteiger partial charge is 0.252 e. The second kappa shape index (κ2) is 8.86. The molecule has 1 atom stereocenters. The molecule has 0 fully saturated rings. The highest BCUT2D eigenvalue weighted by Gasteiger charge is 2.28. The van der Waals surface area contributed by atoms with Gasteiger partial charge in [-0.2, -0.15) is 5.10 Å². The Kier molecular flexibility index (Phi) is 7.86. The van der Waals surface area contributed by atoms with Crippen molar-refractivity contribution in [3.63, 3.8) is 0 Å². The van der Waals surface area contributed by atoms with Crippen LogP contribution < -0.4 is 0 Å². The first-order chi connectivity index (χ1) is 9.55. The van der Waals surface area contributed by atoms with Crippen molar-refractivity contribution in [3.05, 3.63) is 16.4 Å². The number of halogens is 1. The Hall–Kier alpha value is -0.310. The predicted octanol–water partition coefficient (Wildman–Crippen LogP) is 6.22. The molecule has 20 heavy (non-hydrogen) atoms. The minimum Gasteiger partial charge on any atom is -0.252 e. The third kappa shape index (κ3) is 4.91. The third-order valence-electron chi connectivity index (χ3n) is 4.28. The van der Waals surface area contributed by atoms with Crippen LogP contribution in [0.25, 0.3) is 0 Å². The van der Waals surface area contributed by atoms with Crippen molar-refractivity contribution in [2.45, 2.75) is 91.0 Å². The molecular weight excluding hydrogens is 312 g/mol. The molecule has 0 radical (unpaired) electrons. The number of aromatic nitrogens is 2. The Morgan fingerprint density at radius 3 is 2.20 bits per heavy atom. The smallest absolute Gasteiger partial charge is 0.107 e. The van der Waals surface area contributed by atoms with Gasteiger partial charge in [0.15, 0.2) is 0 Å². The second-order valence-corrected chi connectivity index (χ2v) is 7.05. The molecule has 0 amide bonds. The van der Waals surface area contributed by atoms with Gasteiger partial charge in [0.05, 0.1) is 11.7 Å². The van der Waals surface area contributed by atoms with Crippen LogP contribution >= 0.6 is 15.9 Å². The van der Waals surface area contributed by atoms with E-state index in [1.54, 1.807) is 0 Å². The van der Waals surface area contributed by atoms with E-state index < -0.39 is 0 Å². The molecule has 0 N–H and O–H groups in total. The van der Waals surface area contributed by atoms with E-state index >= 15 is 0 Å². The minimum absolute atomic E-state index is 0.162. The summed E-state index contributed by atoms with van der Waals surface area (Å²) >= 11 is 3.71. The van der Waals surface area contributed by atoms with Crippen molar-refractivity contribution in [3.8, 4) is 0 Å². The summed E-state index contributed by atoms with van der Waals surface area (Å²) in [6.45, 7) is 9.04. The molecule has 0 aliphatic heterocycles. The van der Waals surface area contributed by atoms with Crippen molar-refractivity contribution in [1.29, 1.82) is 0 Å². The summed E-state index contributed by atoms with van der Waals surface area (Å²) in [4.78, 5) is 0. The fourth-order valence-electron chi connectivity index (χ4n) is 2.80. The number of hydrogen-bond acceptors (Lipinski definition) is 1. The quantitative estimate of drug-likeness (QED) is 0.461. The summed E-state index contributed by atoms with van der Waals surface area (Å²) in [7, 11) is 0. The number of hydrogen-bond donors (Lipinski definition) is 0. The minimum atomic E-state index is 0.162. The van der Waals surface area contributed by atoms with E-state index in [0.717, 1.165) is 4.60 Å². The molecule has 0 spiro atoms. The van der Waals surface area contributed by atoms with Gasteiger partial charge in [-0.05, 0) is 42.6 Å². The fourth-order valence-corrected chi connectivity index (χ4v) is 3.42. The first-order valence-electron chi connectivity index (χ1n) is 8.25. The van der Waals surface area contributed by atoms with E-state index in [9.17, 15) is 0 Å². The standard InChI is InChI=1S/C17H31BrN2/c1-5-7-9-10-11-13-17(4,12-8-6-2)20-16(18)15(3)14-19-20/h14H,5-13H2,1-4H3. The average Bonchev–Trinajstić information content (AvgIpc) is 2.77. The molecule has 1 heterocycles. The van der Waals surface area contributed by atoms with Gasteiger partial charge >= 0.3 is 0 Å². The Bertz CT molecular complexity index is 386. The van der Waals surface area contributed by atoms with Crippen molar-refractivity contribution in [2.24, 2.45) is 0 Å². The van der Waals surface area contributed by atoms with Crippen LogP contribution in [0.5, 0.6) is 0 Å². The van der Waals surface area contributed by atoms with Crippen LogP contribution in [0.15, 0.2) is 10.8 Å². The Balaban J connectivity index is 2.68. The topological polar surface area (TPSA) is 17.8 Å². The van der Waals surface area contributed by atoms with E-state index in [4.69, 9.17) is 0 Å². The van der Waals surface area contributed by atoms with Crippen LogP contribution in [0.1, 0.15) is 84.1 Å². The Morgan fingerprint density at radius 2 is 1.65 bits per heavy atom. The SMILES string of the molecule is CCCCCCCC(C)(CCCC)n1ncc(C)c1Br. The van der Waals surface area contributed by atoms with Crippen molar-refractivity contribution < 1.29 is 0 Å². The molecular formula is C17H31BrN2. The molecule has 3 heteroatoms. The Labute approximate surface area is 133 Å². The molecule has 0 bridgehead atoms. The lowest BCUT2D eigenvalue weighted by Crippen LogP contribution is -2.31. The second-order valence-electron chi connectivity index (χ2n) is 6.29. The molecule has 116 valence electrons. The molecule has 0 saturated carbocycles. The molecule has 0 aliphatic carbocycles. The third-order valence-corrected chi connectivity index (χ3v) is 5.24. The lowest BCUT2D eigenvalue weighted by atomic mass is 9.88. The van der Waals surface area contributed by atoms with Crippen LogP contribution in [0.4, 0.5) is 0 Å². The average molecular weight is 343 g/mol. The summed E-state index contributed by atoms with van der Waals surface area (Å²) in [6.07, 6.45) is 13.7. The zero-order valence-electron chi connectivity index (χ0n) is 13.7. The van der Waals surface area contributed by atoms with Crippen LogP contribution in [0, 0.1) is 6.92 Å². The van der Waals surface area contributed by atoms with Gasteiger partial charge < -0.3 is 0 Å². The fraction of sp³-hybridized carbons (Fsp3) is 0.824. The zero-order chi connectivity index (χ0) is 15.0. The summed E-state index contributed by atoms with van der Waals surface area (Å²) < 4.78 is 3.38.